The molecule has 5 nitrogen and oxygen atoms in total. The first-order valence-electron chi connectivity index (χ1n) is 2.64. The molecule has 2 N–H and O–H groups in total. The van der Waals surface area contributed by atoms with Gasteiger partial charge in [0.05, 0.1) is 0 Å². The van der Waals surface area contributed by atoms with E-state index in [2.05, 4.69) is 6.07 Å². The van der Waals surface area contributed by atoms with Crippen molar-refractivity contribution in [2.45, 2.75) is 0 Å². The van der Waals surface area contributed by atoms with E-state index < -0.39 is 7.82 Å². The van der Waals surface area contributed by atoms with Gasteiger partial charge in [0.25, 0.3) is 0 Å². The van der Waals surface area contributed by atoms with E-state index in [-0.39, 0.29) is 47.9 Å². The summed E-state index contributed by atoms with van der Waals surface area (Å²) >= 11 is 0. The molecule has 0 saturated heterocycles. The summed E-state index contributed by atoms with van der Waals surface area (Å²) < 4.78 is 8.55. The predicted octanol–water partition coefficient (Wildman–Crippen LogP) is -0.621. The molecule has 0 bridgehead atoms. The summed E-state index contributed by atoms with van der Waals surface area (Å²) in [6, 6.07) is 12.5. The summed E-state index contributed by atoms with van der Waals surface area (Å²) in [6.07, 6.45) is 0. The standard InChI is InChI=1S/C6H5.Ce.H2N.H3O4P/c1-2-4-6-5-3-1;;;1-5(2,3)4/h1-5H;;1H2;(H3,1,2,3,4)/q-1;+3;-1;/p-3. The fourth-order valence-corrected chi connectivity index (χ4v) is 0.342. The molecule has 0 spiro atoms. The van der Waals surface area contributed by atoms with Gasteiger partial charge in [0, 0.05) is 0 Å². The minimum atomic E-state index is -5.39. The summed E-state index contributed by atoms with van der Waals surface area (Å²) in [7, 11) is -5.39. The number of nitrogens with two attached hydrogens (primary N) is 1. The molecule has 0 heterocycles. The third-order valence-electron chi connectivity index (χ3n) is 0.607. The molecule has 0 aliphatic heterocycles. The van der Waals surface area contributed by atoms with Crippen LogP contribution in [0, 0.1) is 47.8 Å². The van der Waals surface area contributed by atoms with E-state index in [1.807, 2.05) is 30.3 Å². The predicted molar refractivity (Wildman–Crippen MR) is 38.2 cm³/mol. The third-order valence-corrected chi connectivity index (χ3v) is 0.607. The Kier molecular flexibility index (Phi) is 15.9. The first-order chi connectivity index (χ1) is 5.00. The molecule has 1 radical (unpaired) electrons. The summed E-state index contributed by atoms with van der Waals surface area (Å²) in [5.74, 6) is 0. The van der Waals surface area contributed by atoms with E-state index in [9.17, 15) is 0 Å². The Morgan fingerprint density at radius 2 is 1.31 bits per heavy atom. The van der Waals surface area contributed by atoms with Crippen molar-refractivity contribution in [1.29, 1.82) is 0 Å². The molecule has 0 atom stereocenters. The Hall–Kier alpha value is 0.667. The minimum absolute atomic E-state index is 0. The Morgan fingerprint density at radius 1 is 1.00 bits per heavy atom. The number of benzene rings is 1. The van der Waals surface area contributed by atoms with Gasteiger partial charge in [-0.15, -0.1) is 0 Å². The maximum absolute atomic E-state index is 8.55. The van der Waals surface area contributed by atoms with Crippen LogP contribution in [-0.4, -0.2) is 0 Å². The fraction of sp³-hybridized carbons (Fsp3) is 0. The second-order valence-corrected chi connectivity index (χ2v) is 2.42. The normalized spacial score (nSPS) is 8.23. The van der Waals surface area contributed by atoms with Crippen molar-refractivity contribution in [3.05, 3.63) is 42.5 Å². The maximum Gasteiger partial charge on any atom is 3.00 e. The molecule has 71 valence electrons. The van der Waals surface area contributed by atoms with Crippen molar-refractivity contribution < 1.29 is 61.0 Å². The van der Waals surface area contributed by atoms with Crippen LogP contribution < -0.4 is 14.7 Å². The van der Waals surface area contributed by atoms with E-state index in [0.717, 1.165) is 0 Å². The van der Waals surface area contributed by atoms with E-state index in [1.165, 1.54) is 0 Å². The molecule has 0 unspecified atom stereocenters. The Morgan fingerprint density at radius 3 is 1.38 bits per heavy atom. The first kappa shape index (κ1) is 19.3. The van der Waals surface area contributed by atoms with Crippen LogP contribution in [0.4, 0.5) is 0 Å². The average molecular weight is 328 g/mol. The van der Waals surface area contributed by atoms with Gasteiger partial charge < -0.3 is 25.4 Å². The topological polar surface area (TPSA) is 120 Å². The van der Waals surface area contributed by atoms with Crippen molar-refractivity contribution in [3.63, 3.8) is 0 Å². The van der Waals surface area contributed by atoms with Gasteiger partial charge in [-0.3, -0.25) is 0 Å². The third kappa shape index (κ3) is 32.4. The number of hydrogen-bond donors (Lipinski definition) is 0. The van der Waals surface area contributed by atoms with Crippen molar-refractivity contribution in [2.24, 2.45) is 0 Å². The Labute approximate surface area is 110 Å². The quantitative estimate of drug-likeness (QED) is 0.465. The summed E-state index contributed by atoms with van der Waals surface area (Å²) in [5, 5.41) is 0. The second-order valence-electron chi connectivity index (χ2n) is 1.52. The van der Waals surface area contributed by atoms with Crippen LogP contribution in [0.15, 0.2) is 30.3 Å². The van der Waals surface area contributed by atoms with E-state index in [4.69, 9.17) is 19.2 Å². The molecule has 0 amide bonds. The SMILES string of the molecule is O=P([O-])([O-])[O-].[Ce+3].[NH2-].[c-]1ccccc1. The van der Waals surface area contributed by atoms with E-state index in [1.54, 1.807) is 0 Å². The van der Waals surface area contributed by atoms with Gasteiger partial charge in [-0.2, -0.15) is 44.2 Å². The zero-order valence-electron chi connectivity index (χ0n) is 6.54. The minimum Gasteiger partial charge on any atom is -0.822 e. The van der Waals surface area contributed by atoms with Crippen LogP contribution in [0.5, 0.6) is 0 Å². The van der Waals surface area contributed by atoms with Crippen LogP contribution in [0.25, 0.3) is 6.15 Å². The van der Waals surface area contributed by atoms with E-state index >= 15 is 0 Å². The number of rotatable bonds is 0. The van der Waals surface area contributed by atoms with Crippen molar-refractivity contribution in [2.75, 3.05) is 0 Å². The van der Waals surface area contributed by atoms with Crippen molar-refractivity contribution in [3.8, 4) is 0 Å². The molecular formula is C6H7CeNO4P-2. The van der Waals surface area contributed by atoms with E-state index in [0.29, 0.717) is 0 Å². The average Bonchev–Trinajstić information content (AvgIpc) is 1.88. The molecule has 1 aromatic carbocycles. The van der Waals surface area contributed by atoms with Gasteiger partial charge in [-0.05, 0) is 0 Å². The zero-order chi connectivity index (χ0) is 8.74. The second kappa shape index (κ2) is 10.7. The van der Waals surface area contributed by atoms with Crippen molar-refractivity contribution in [1.82, 2.24) is 0 Å². The maximum atomic E-state index is 8.55. The van der Waals surface area contributed by atoms with Crippen LogP contribution in [0.1, 0.15) is 0 Å². The molecule has 1 rings (SSSR count). The van der Waals surface area contributed by atoms with Gasteiger partial charge in [0.1, 0.15) is 0 Å². The Balaban J connectivity index is -0.000000136. The molecule has 13 heavy (non-hydrogen) atoms. The molecule has 0 aliphatic rings. The molecular weight excluding hydrogens is 321 g/mol. The van der Waals surface area contributed by atoms with Crippen LogP contribution in [0.2, 0.25) is 0 Å². The van der Waals surface area contributed by atoms with Crippen LogP contribution in [-0.2, 0) is 4.57 Å². The first-order valence-corrected chi connectivity index (χ1v) is 4.10. The molecule has 0 aliphatic carbocycles. The van der Waals surface area contributed by atoms with Gasteiger partial charge in [-0.1, -0.05) is 0 Å². The van der Waals surface area contributed by atoms with Gasteiger partial charge >= 0.3 is 41.7 Å². The molecule has 0 saturated carbocycles. The summed E-state index contributed by atoms with van der Waals surface area (Å²) in [6.45, 7) is 0. The molecule has 7 heteroatoms. The largest absolute Gasteiger partial charge is 3.00 e. The van der Waals surface area contributed by atoms with Crippen LogP contribution in [0.3, 0.4) is 0 Å². The smallest absolute Gasteiger partial charge is 0.822 e. The summed E-state index contributed by atoms with van der Waals surface area (Å²) in [4.78, 5) is 25.6. The zero-order valence-corrected chi connectivity index (χ0v) is 10.6. The van der Waals surface area contributed by atoms with Crippen molar-refractivity contribution >= 4 is 7.82 Å². The van der Waals surface area contributed by atoms with Crippen LogP contribution >= 0.6 is 7.82 Å². The molecule has 1 aromatic rings. The van der Waals surface area contributed by atoms with Gasteiger partial charge in [-0.25, -0.2) is 0 Å². The number of hydrogen-bond acceptors (Lipinski definition) is 4. The number of phosphoric acid groups is 1. The molecule has 0 fully saturated rings. The van der Waals surface area contributed by atoms with Gasteiger partial charge in [0.15, 0.2) is 0 Å². The van der Waals surface area contributed by atoms with Gasteiger partial charge in [0.2, 0.25) is 0 Å². The molecule has 0 aromatic heterocycles. The Bertz CT molecular complexity index is 192. The summed E-state index contributed by atoms with van der Waals surface area (Å²) in [5.41, 5.74) is 0. The monoisotopic (exact) mass is 328 g/mol. The fourth-order valence-electron chi connectivity index (χ4n) is 0.342.